The van der Waals surface area contributed by atoms with Crippen LogP contribution in [0.4, 0.5) is 11.5 Å². The molecule has 6 nitrogen and oxygen atoms in total. The molecule has 0 fully saturated rings. The summed E-state index contributed by atoms with van der Waals surface area (Å²) in [5.41, 5.74) is 3.22. The molecular formula is C21H16ClN3O3. The molecule has 0 aliphatic carbocycles. The molecular weight excluding hydrogens is 378 g/mol. The predicted molar refractivity (Wildman–Crippen MR) is 108 cm³/mol. The second-order valence-corrected chi connectivity index (χ2v) is 6.85. The smallest absolute Gasteiger partial charge is 0.163 e. The Bertz CT molecular complexity index is 1170. The maximum Gasteiger partial charge on any atom is 0.163 e. The first-order chi connectivity index (χ1) is 13.7. The lowest BCUT2D eigenvalue weighted by atomic mass is 10.1. The van der Waals surface area contributed by atoms with Gasteiger partial charge in [0.05, 0.1) is 5.02 Å². The summed E-state index contributed by atoms with van der Waals surface area (Å²) in [4.78, 5) is 4.74. The molecule has 0 saturated heterocycles. The van der Waals surface area contributed by atoms with E-state index in [4.69, 9.17) is 26.1 Å². The average Bonchev–Trinajstić information content (AvgIpc) is 3.06. The maximum atomic E-state index is 9.61. The van der Waals surface area contributed by atoms with Crippen molar-refractivity contribution in [2.45, 2.75) is 0 Å². The van der Waals surface area contributed by atoms with E-state index in [0.717, 1.165) is 34.2 Å². The zero-order chi connectivity index (χ0) is 19.1. The third-order valence-electron chi connectivity index (χ3n) is 4.53. The molecule has 0 radical (unpaired) electrons. The highest BCUT2D eigenvalue weighted by molar-refractivity contribution is 6.30. The van der Waals surface area contributed by atoms with E-state index in [1.54, 1.807) is 18.2 Å². The van der Waals surface area contributed by atoms with E-state index < -0.39 is 0 Å². The van der Waals surface area contributed by atoms with Crippen molar-refractivity contribution >= 4 is 28.8 Å². The lowest BCUT2D eigenvalue weighted by molar-refractivity contribution is 0.171. The third kappa shape index (κ3) is 2.97. The van der Waals surface area contributed by atoms with Gasteiger partial charge in [0.1, 0.15) is 36.1 Å². The summed E-state index contributed by atoms with van der Waals surface area (Å²) >= 11 is 6.22. The summed E-state index contributed by atoms with van der Waals surface area (Å²) in [5, 5.41) is 13.6. The lowest BCUT2D eigenvalue weighted by Crippen LogP contribution is -2.15. The largest absolute Gasteiger partial charge is 0.508 e. The number of hydrogen-bond donors (Lipinski definition) is 2. The number of imidazole rings is 1. The van der Waals surface area contributed by atoms with E-state index in [0.29, 0.717) is 24.0 Å². The quantitative estimate of drug-likeness (QED) is 0.519. The molecule has 1 aliphatic rings. The van der Waals surface area contributed by atoms with Crippen molar-refractivity contribution in [1.82, 2.24) is 9.38 Å². The molecule has 2 aromatic heterocycles. The molecule has 0 bridgehead atoms. The first kappa shape index (κ1) is 16.8. The van der Waals surface area contributed by atoms with Crippen LogP contribution in [0.2, 0.25) is 5.02 Å². The van der Waals surface area contributed by atoms with E-state index >= 15 is 0 Å². The summed E-state index contributed by atoms with van der Waals surface area (Å²) in [6, 6.07) is 16.3. The average molecular weight is 394 g/mol. The SMILES string of the molecule is Oc1ccc(-c2nc3ccc(Cl)cn3c2Nc2ccc3c(c2)OCCO3)cc1. The van der Waals surface area contributed by atoms with Crippen molar-refractivity contribution in [3.05, 3.63) is 65.8 Å². The standard InChI is InChI=1S/C21H16ClN3O3/c22-14-3-8-19-24-20(13-1-5-16(26)6-2-13)21(25(19)12-14)23-15-4-7-17-18(11-15)28-10-9-27-17/h1-8,11-12,23,26H,9-10H2. The number of phenolic OH excluding ortho intramolecular Hbond substituents is 1. The second kappa shape index (κ2) is 6.65. The molecule has 3 heterocycles. The molecule has 0 unspecified atom stereocenters. The normalized spacial score (nSPS) is 12.9. The zero-order valence-electron chi connectivity index (χ0n) is 14.7. The Balaban J connectivity index is 1.63. The number of nitrogens with one attached hydrogen (secondary N) is 1. The fourth-order valence-corrected chi connectivity index (χ4v) is 3.38. The molecule has 7 heteroatoms. The van der Waals surface area contributed by atoms with E-state index in [9.17, 15) is 5.11 Å². The van der Waals surface area contributed by atoms with Gasteiger partial charge < -0.3 is 19.9 Å². The van der Waals surface area contributed by atoms with Gasteiger partial charge in [-0.15, -0.1) is 0 Å². The molecule has 0 spiro atoms. The number of aromatic nitrogens is 2. The molecule has 0 atom stereocenters. The molecule has 28 heavy (non-hydrogen) atoms. The molecule has 0 saturated carbocycles. The number of phenols is 1. The maximum absolute atomic E-state index is 9.61. The summed E-state index contributed by atoms with van der Waals surface area (Å²) in [6.07, 6.45) is 1.81. The number of anilines is 2. The summed E-state index contributed by atoms with van der Waals surface area (Å²) in [5.74, 6) is 2.41. The number of rotatable bonds is 3. The summed E-state index contributed by atoms with van der Waals surface area (Å²) in [7, 11) is 0. The minimum absolute atomic E-state index is 0.205. The fourth-order valence-electron chi connectivity index (χ4n) is 3.22. The lowest BCUT2D eigenvalue weighted by Gasteiger charge is -2.19. The second-order valence-electron chi connectivity index (χ2n) is 6.41. The predicted octanol–water partition coefficient (Wildman–Crippen LogP) is 4.88. The number of pyridine rings is 1. The molecule has 1 aliphatic heterocycles. The number of aromatic hydroxyl groups is 1. The summed E-state index contributed by atoms with van der Waals surface area (Å²) < 4.78 is 13.2. The van der Waals surface area contributed by atoms with Crippen LogP contribution in [-0.2, 0) is 0 Å². The molecule has 2 N–H and O–H groups in total. The third-order valence-corrected chi connectivity index (χ3v) is 4.75. The van der Waals surface area contributed by atoms with E-state index in [2.05, 4.69) is 5.32 Å². The van der Waals surface area contributed by atoms with Gasteiger partial charge in [-0.25, -0.2) is 4.98 Å². The van der Waals surface area contributed by atoms with E-state index in [-0.39, 0.29) is 5.75 Å². The Morgan fingerprint density at radius 3 is 2.57 bits per heavy atom. The van der Waals surface area contributed by atoms with Gasteiger partial charge in [0.25, 0.3) is 0 Å². The van der Waals surface area contributed by atoms with Crippen molar-refractivity contribution in [2.75, 3.05) is 18.5 Å². The highest BCUT2D eigenvalue weighted by Crippen LogP contribution is 2.36. The Morgan fingerprint density at radius 1 is 0.964 bits per heavy atom. The van der Waals surface area contributed by atoms with Crippen molar-refractivity contribution in [3.8, 4) is 28.5 Å². The van der Waals surface area contributed by atoms with Crippen LogP contribution in [0.15, 0.2) is 60.8 Å². The van der Waals surface area contributed by atoms with Crippen molar-refractivity contribution in [3.63, 3.8) is 0 Å². The summed E-state index contributed by atoms with van der Waals surface area (Å²) in [6.45, 7) is 1.08. The van der Waals surface area contributed by atoms with Crippen molar-refractivity contribution in [2.24, 2.45) is 0 Å². The van der Waals surface area contributed by atoms with Gasteiger partial charge in [-0.1, -0.05) is 11.6 Å². The van der Waals surface area contributed by atoms with Crippen molar-refractivity contribution in [1.29, 1.82) is 0 Å². The monoisotopic (exact) mass is 393 g/mol. The fraction of sp³-hybridized carbons (Fsp3) is 0.0952. The number of ether oxygens (including phenoxy) is 2. The van der Waals surface area contributed by atoms with Crippen molar-refractivity contribution < 1.29 is 14.6 Å². The molecule has 5 rings (SSSR count). The van der Waals surface area contributed by atoms with Gasteiger partial charge in [-0.3, -0.25) is 4.40 Å². The number of fused-ring (bicyclic) bond motifs is 2. The molecule has 140 valence electrons. The van der Waals surface area contributed by atoms with Crippen LogP contribution in [-0.4, -0.2) is 27.7 Å². The minimum atomic E-state index is 0.205. The van der Waals surface area contributed by atoms with Gasteiger partial charge in [-0.05, 0) is 48.5 Å². The van der Waals surface area contributed by atoms with Gasteiger partial charge >= 0.3 is 0 Å². The van der Waals surface area contributed by atoms with Crippen LogP contribution in [0.3, 0.4) is 0 Å². The van der Waals surface area contributed by atoms with Gasteiger partial charge in [0.2, 0.25) is 0 Å². The van der Waals surface area contributed by atoms with Crippen LogP contribution in [0.5, 0.6) is 17.2 Å². The van der Waals surface area contributed by atoms with Crippen LogP contribution in [0.1, 0.15) is 0 Å². The Labute approximate surface area is 165 Å². The number of halogens is 1. The van der Waals surface area contributed by atoms with Gasteiger partial charge in [0.15, 0.2) is 11.5 Å². The Kier molecular flexibility index (Phi) is 3.98. The van der Waals surface area contributed by atoms with Gasteiger partial charge in [-0.2, -0.15) is 0 Å². The van der Waals surface area contributed by atoms with Crippen LogP contribution >= 0.6 is 11.6 Å². The number of hydrogen-bond acceptors (Lipinski definition) is 5. The molecule has 0 amide bonds. The first-order valence-corrected chi connectivity index (χ1v) is 9.19. The highest BCUT2D eigenvalue weighted by Gasteiger charge is 2.17. The van der Waals surface area contributed by atoms with Gasteiger partial charge in [0, 0.05) is 23.5 Å². The topological polar surface area (TPSA) is 68.0 Å². The molecule has 2 aromatic carbocycles. The molecule has 4 aromatic rings. The Hall–Kier alpha value is -3.38. The van der Waals surface area contributed by atoms with Crippen LogP contribution < -0.4 is 14.8 Å². The van der Waals surface area contributed by atoms with E-state index in [1.165, 1.54) is 0 Å². The number of nitrogens with zero attached hydrogens (tertiary/aromatic N) is 2. The zero-order valence-corrected chi connectivity index (χ0v) is 15.5. The van der Waals surface area contributed by atoms with E-state index in [1.807, 2.05) is 47.0 Å². The van der Waals surface area contributed by atoms with Crippen LogP contribution in [0.25, 0.3) is 16.9 Å². The minimum Gasteiger partial charge on any atom is -0.508 e. The number of benzene rings is 2. The Morgan fingerprint density at radius 2 is 1.75 bits per heavy atom. The first-order valence-electron chi connectivity index (χ1n) is 8.81. The van der Waals surface area contributed by atoms with Crippen LogP contribution in [0, 0.1) is 0 Å². The highest BCUT2D eigenvalue weighted by atomic mass is 35.5.